The van der Waals surface area contributed by atoms with E-state index in [2.05, 4.69) is 10.2 Å². The Kier molecular flexibility index (Phi) is 3.64. The molecule has 6 nitrogen and oxygen atoms in total. The van der Waals surface area contributed by atoms with E-state index >= 15 is 0 Å². The maximum Gasteiger partial charge on any atom is 0.315 e. The van der Waals surface area contributed by atoms with Gasteiger partial charge in [-0.05, 0) is 25.8 Å². The zero-order valence-electron chi connectivity index (χ0n) is 10.3. The normalized spacial score (nSPS) is 21.6. The number of aliphatic carboxylic acids is 1. The maximum atomic E-state index is 12.0. The summed E-state index contributed by atoms with van der Waals surface area (Å²) in [6.45, 7) is 2.64. The predicted molar refractivity (Wildman–Crippen MR) is 63.9 cm³/mol. The van der Waals surface area contributed by atoms with Crippen LogP contribution in [0.1, 0.15) is 31.4 Å². The summed E-state index contributed by atoms with van der Waals surface area (Å²) in [7, 11) is 0. The van der Waals surface area contributed by atoms with Crippen LogP contribution in [0.15, 0.2) is 12.3 Å². The molecule has 0 bridgehead atoms. The van der Waals surface area contributed by atoms with Crippen LogP contribution in [0.3, 0.4) is 0 Å². The molecule has 0 radical (unpaired) electrons. The average molecular weight is 251 g/mol. The van der Waals surface area contributed by atoms with Gasteiger partial charge >= 0.3 is 5.97 Å². The molecular weight excluding hydrogens is 234 g/mol. The number of carboxylic acid groups (broad SMARTS) is 1. The van der Waals surface area contributed by atoms with Gasteiger partial charge in [-0.25, -0.2) is 0 Å². The van der Waals surface area contributed by atoms with E-state index in [9.17, 15) is 9.59 Å². The number of carboxylic acids is 1. The lowest BCUT2D eigenvalue weighted by Gasteiger charge is -2.33. The highest BCUT2D eigenvalue weighted by Crippen LogP contribution is 2.26. The summed E-state index contributed by atoms with van der Waals surface area (Å²) in [5.41, 5.74) is 1.01. The fourth-order valence-corrected chi connectivity index (χ4v) is 2.30. The van der Waals surface area contributed by atoms with Crippen molar-refractivity contribution in [1.29, 1.82) is 0 Å². The standard InChI is InChI=1S/C12H17N3O3/c1-8(12(17)18)11(16)15-6-2-3-9(7-15)10-4-5-13-14-10/h4-5,8-9H,2-3,6-7H2,1H3,(H,13,14)(H,17,18). The molecule has 0 saturated carbocycles. The zero-order valence-corrected chi connectivity index (χ0v) is 10.3. The molecule has 0 spiro atoms. The topological polar surface area (TPSA) is 86.3 Å². The van der Waals surface area contributed by atoms with Gasteiger partial charge in [-0.1, -0.05) is 0 Å². The zero-order chi connectivity index (χ0) is 13.1. The highest BCUT2D eigenvalue weighted by atomic mass is 16.4. The van der Waals surface area contributed by atoms with Gasteiger partial charge in [0.05, 0.1) is 0 Å². The average Bonchev–Trinajstić information content (AvgIpc) is 2.91. The molecule has 2 N–H and O–H groups in total. The second-order valence-corrected chi connectivity index (χ2v) is 4.70. The van der Waals surface area contributed by atoms with Crippen molar-refractivity contribution in [3.05, 3.63) is 18.0 Å². The largest absolute Gasteiger partial charge is 0.481 e. The summed E-state index contributed by atoms with van der Waals surface area (Å²) in [5.74, 6) is -2.10. The number of hydrogen-bond acceptors (Lipinski definition) is 3. The van der Waals surface area contributed by atoms with Crippen molar-refractivity contribution < 1.29 is 14.7 Å². The summed E-state index contributed by atoms with van der Waals surface area (Å²) in [4.78, 5) is 24.5. The Morgan fingerprint density at radius 1 is 1.61 bits per heavy atom. The van der Waals surface area contributed by atoms with E-state index in [1.165, 1.54) is 6.92 Å². The third kappa shape index (κ3) is 2.52. The molecule has 18 heavy (non-hydrogen) atoms. The number of aromatic amines is 1. The first-order valence-electron chi connectivity index (χ1n) is 6.10. The molecule has 2 rings (SSSR count). The van der Waals surface area contributed by atoms with Gasteiger partial charge in [-0.3, -0.25) is 14.7 Å². The molecule has 2 heterocycles. The van der Waals surface area contributed by atoms with Crippen molar-refractivity contribution in [2.45, 2.75) is 25.7 Å². The van der Waals surface area contributed by atoms with Crippen molar-refractivity contribution in [3.63, 3.8) is 0 Å². The number of aromatic nitrogens is 2. The SMILES string of the molecule is CC(C(=O)O)C(=O)N1CCCC(c2ccn[nH]2)C1. The Balaban J connectivity index is 2.03. The number of carbonyl (C=O) groups is 2. The van der Waals surface area contributed by atoms with Crippen LogP contribution in [0.25, 0.3) is 0 Å². The number of hydrogen-bond donors (Lipinski definition) is 2. The molecule has 6 heteroatoms. The van der Waals surface area contributed by atoms with E-state index in [0.717, 1.165) is 18.5 Å². The predicted octanol–water partition coefficient (Wildman–Crippen LogP) is 0.836. The van der Waals surface area contributed by atoms with E-state index in [-0.39, 0.29) is 11.8 Å². The number of H-pyrrole nitrogens is 1. The Labute approximate surface area is 105 Å². The van der Waals surface area contributed by atoms with Crippen molar-refractivity contribution in [3.8, 4) is 0 Å². The molecule has 1 aromatic rings. The van der Waals surface area contributed by atoms with Gasteiger partial charge in [0.25, 0.3) is 0 Å². The second-order valence-electron chi connectivity index (χ2n) is 4.70. The Hall–Kier alpha value is -1.85. The molecule has 1 aliphatic rings. The number of amides is 1. The third-order valence-corrected chi connectivity index (χ3v) is 3.44. The fourth-order valence-electron chi connectivity index (χ4n) is 2.30. The molecular formula is C12H17N3O3. The smallest absolute Gasteiger partial charge is 0.315 e. The quantitative estimate of drug-likeness (QED) is 0.779. The fraction of sp³-hybridized carbons (Fsp3) is 0.583. The van der Waals surface area contributed by atoms with Crippen LogP contribution < -0.4 is 0 Å². The lowest BCUT2D eigenvalue weighted by molar-refractivity contribution is -0.150. The monoisotopic (exact) mass is 251 g/mol. The van der Waals surface area contributed by atoms with Crippen LogP contribution in [0.5, 0.6) is 0 Å². The number of nitrogens with one attached hydrogen (secondary N) is 1. The molecule has 1 saturated heterocycles. The minimum atomic E-state index is -1.07. The molecule has 0 aliphatic carbocycles. The summed E-state index contributed by atoms with van der Waals surface area (Å²) >= 11 is 0. The molecule has 1 fully saturated rings. The molecule has 1 amide bonds. The Morgan fingerprint density at radius 2 is 2.39 bits per heavy atom. The van der Waals surface area contributed by atoms with Crippen molar-refractivity contribution in [2.24, 2.45) is 5.92 Å². The second kappa shape index (κ2) is 5.20. The van der Waals surface area contributed by atoms with Crippen LogP contribution in [-0.2, 0) is 9.59 Å². The van der Waals surface area contributed by atoms with Gasteiger partial charge < -0.3 is 10.0 Å². The molecule has 1 aromatic heterocycles. The van der Waals surface area contributed by atoms with Crippen molar-refractivity contribution >= 4 is 11.9 Å². The van der Waals surface area contributed by atoms with E-state index < -0.39 is 11.9 Å². The van der Waals surface area contributed by atoms with E-state index in [0.29, 0.717) is 13.1 Å². The maximum absolute atomic E-state index is 12.0. The summed E-state index contributed by atoms with van der Waals surface area (Å²) in [5, 5.41) is 15.7. The van der Waals surface area contributed by atoms with E-state index in [1.807, 2.05) is 6.07 Å². The van der Waals surface area contributed by atoms with Crippen LogP contribution in [0.2, 0.25) is 0 Å². The highest BCUT2D eigenvalue weighted by molar-refractivity contribution is 5.96. The van der Waals surface area contributed by atoms with Crippen molar-refractivity contribution in [2.75, 3.05) is 13.1 Å². The highest BCUT2D eigenvalue weighted by Gasteiger charge is 2.30. The van der Waals surface area contributed by atoms with Gasteiger partial charge in [0.1, 0.15) is 5.92 Å². The molecule has 98 valence electrons. The van der Waals surface area contributed by atoms with Crippen LogP contribution >= 0.6 is 0 Å². The summed E-state index contributed by atoms with van der Waals surface area (Å²) < 4.78 is 0. The minimum Gasteiger partial charge on any atom is -0.481 e. The number of likely N-dealkylation sites (tertiary alicyclic amines) is 1. The van der Waals surface area contributed by atoms with Crippen LogP contribution in [0.4, 0.5) is 0 Å². The van der Waals surface area contributed by atoms with Gasteiger partial charge in [0, 0.05) is 30.9 Å². The third-order valence-electron chi connectivity index (χ3n) is 3.44. The summed E-state index contributed by atoms with van der Waals surface area (Å²) in [6, 6.07) is 1.90. The number of carbonyl (C=O) groups excluding carboxylic acids is 1. The van der Waals surface area contributed by atoms with E-state index in [4.69, 9.17) is 5.11 Å². The molecule has 0 aromatic carbocycles. The van der Waals surface area contributed by atoms with E-state index in [1.54, 1.807) is 11.1 Å². The van der Waals surface area contributed by atoms with Gasteiger partial charge in [0.15, 0.2) is 0 Å². The first-order chi connectivity index (χ1) is 8.59. The first-order valence-corrected chi connectivity index (χ1v) is 6.10. The molecule has 2 unspecified atom stereocenters. The number of nitrogens with zero attached hydrogens (tertiary/aromatic N) is 2. The lowest BCUT2D eigenvalue weighted by Crippen LogP contribution is -2.43. The minimum absolute atomic E-state index is 0.228. The van der Waals surface area contributed by atoms with Gasteiger partial charge in [-0.15, -0.1) is 0 Å². The summed E-state index contributed by atoms with van der Waals surface area (Å²) in [6.07, 6.45) is 3.57. The molecule has 2 atom stereocenters. The van der Waals surface area contributed by atoms with Crippen molar-refractivity contribution in [1.82, 2.24) is 15.1 Å². The number of rotatable bonds is 3. The first kappa shape index (κ1) is 12.6. The van der Waals surface area contributed by atoms with Crippen LogP contribution in [-0.4, -0.2) is 45.2 Å². The van der Waals surface area contributed by atoms with Gasteiger partial charge in [0.2, 0.25) is 5.91 Å². The lowest BCUT2D eigenvalue weighted by atomic mass is 9.94. The van der Waals surface area contributed by atoms with Crippen LogP contribution in [0, 0.1) is 5.92 Å². The number of piperidine rings is 1. The van der Waals surface area contributed by atoms with Gasteiger partial charge in [-0.2, -0.15) is 5.10 Å². The molecule has 1 aliphatic heterocycles. The Morgan fingerprint density at radius 3 is 3.00 bits per heavy atom. The Bertz CT molecular complexity index is 430.